The van der Waals surface area contributed by atoms with Crippen molar-refractivity contribution in [3.05, 3.63) is 29.8 Å². The summed E-state index contributed by atoms with van der Waals surface area (Å²) in [5.74, 6) is 0. The van der Waals surface area contributed by atoms with Crippen LogP contribution in [0.15, 0.2) is 24.3 Å². The molecule has 0 unspecified atom stereocenters. The summed E-state index contributed by atoms with van der Waals surface area (Å²) in [6.07, 6.45) is 0. The van der Waals surface area contributed by atoms with Gasteiger partial charge in [-0.3, -0.25) is 0 Å². The summed E-state index contributed by atoms with van der Waals surface area (Å²) in [5.41, 5.74) is 7.53. The molecule has 8 N–H and O–H groups in total. The smallest absolute Gasteiger partial charge is 0.319 e. The number of rotatable bonds is 0. The van der Waals surface area contributed by atoms with E-state index in [1.165, 1.54) is 0 Å². The summed E-state index contributed by atoms with van der Waals surface area (Å²) < 4.78 is 0. The van der Waals surface area contributed by atoms with Crippen molar-refractivity contribution >= 4 is 42.7 Å². The molecule has 0 aliphatic heterocycles. The summed E-state index contributed by atoms with van der Waals surface area (Å²) in [4.78, 5) is 45.3. The van der Waals surface area contributed by atoms with Crippen LogP contribution in [0, 0.1) is 6.92 Å². The number of nitrogen functional groups attached to an aromatic ring is 1. The molecule has 0 amide bonds. The summed E-state index contributed by atoms with van der Waals surface area (Å²) in [6, 6.07) is 7.80. The van der Waals surface area contributed by atoms with E-state index in [2.05, 4.69) is 23.6 Å². The lowest BCUT2D eigenvalue weighted by Gasteiger charge is -1.93. The van der Waals surface area contributed by atoms with Crippen molar-refractivity contribution < 1.29 is 29.4 Å². The van der Waals surface area contributed by atoms with Crippen molar-refractivity contribution in [1.82, 2.24) is 0 Å². The Morgan fingerprint density at radius 3 is 1.33 bits per heavy atom. The normalized spacial score (nSPS) is 10.6. The van der Waals surface area contributed by atoms with Crippen LogP contribution in [-0.4, -0.2) is 29.4 Å². The highest BCUT2D eigenvalue weighted by atomic mass is 32.5. The largest absolute Gasteiger partial charge is 0.399 e. The molecular weight excluding hydrogens is 320 g/mol. The Labute approximate surface area is 115 Å². The molecule has 11 heteroatoms. The SMILES string of the molecule is Cc1ccccc1N.OP(O)(O)=S.OP(O)(O)=S. The highest BCUT2D eigenvalue weighted by Crippen LogP contribution is 2.26. The Morgan fingerprint density at radius 2 is 1.17 bits per heavy atom. The Balaban J connectivity index is 0. The molecule has 0 saturated carbocycles. The first kappa shape index (κ1) is 20.4. The molecule has 0 spiro atoms. The Morgan fingerprint density at radius 1 is 0.889 bits per heavy atom. The number of aryl methyl sites for hydroxylation is 1. The molecule has 0 aromatic heterocycles. The van der Waals surface area contributed by atoms with E-state index in [0.29, 0.717) is 0 Å². The molecule has 1 rings (SSSR count). The minimum Gasteiger partial charge on any atom is -0.399 e. The van der Waals surface area contributed by atoms with Gasteiger partial charge < -0.3 is 35.1 Å². The van der Waals surface area contributed by atoms with Crippen molar-refractivity contribution in [3.63, 3.8) is 0 Å². The molecule has 0 aliphatic carbocycles. The average Bonchev–Trinajstić information content (AvgIpc) is 2.04. The minimum atomic E-state index is -3.81. The van der Waals surface area contributed by atoms with Crippen molar-refractivity contribution in [2.75, 3.05) is 5.73 Å². The zero-order valence-electron chi connectivity index (χ0n) is 9.28. The van der Waals surface area contributed by atoms with Gasteiger partial charge in [-0.05, 0) is 42.2 Å². The van der Waals surface area contributed by atoms with Gasteiger partial charge in [0, 0.05) is 5.69 Å². The number of hydrogen-bond acceptors (Lipinski definition) is 3. The maximum Gasteiger partial charge on any atom is 0.319 e. The van der Waals surface area contributed by atoms with E-state index in [0.717, 1.165) is 11.3 Å². The van der Waals surface area contributed by atoms with E-state index >= 15 is 0 Å². The van der Waals surface area contributed by atoms with Crippen LogP contribution in [0.25, 0.3) is 0 Å². The van der Waals surface area contributed by atoms with E-state index in [9.17, 15) is 0 Å². The van der Waals surface area contributed by atoms with Gasteiger partial charge in [-0.15, -0.1) is 0 Å². The molecule has 0 bridgehead atoms. The molecular formula is C7H15NO6P2S2. The molecule has 0 radical (unpaired) electrons. The summed E-state index contributed by atoms with van der Waals surface area (Å²) in [7, 11) is 0. The number of para-hydroxylation sites is 1. The lowest BCUT2D eigenvalue weighted by atomic mass is 10.2. The Hall–Kier alpha value is 0.0800. The van der Waals surface area contributed by atoms with Gasteiger partial charge in [-0.1, -0.05) is 18.2 Å². The number of anilines is 1. The molecule has 1 aromatic carbocycles. The van der Waals surface area contributed by atoms with Gasteiger partial charge in [-0.25, -0.2) is 0 Å². The van der Waals surface area contributed by atoms with E-state index in [1.54, 1.807) is 0 Å². The maximum atomic E-state index is 7.56. The van der Waals surface area contributed by atoms with Crippen molar-refractivity contribution in [2.45, 2.75) is 6.92 Å². The molecule has 106 valence electrons. The van der Waals surface area contributed by atoms with Gasteiger partial charge in [0.15, 0.2) is 0 Å². The fraction of sp³-hybridized carbons (Fsp3) is 0.143. The average molecular weight is 335 g/mol. The fourth-order valence-corrected chi connectivity index (χ4v) is 0.587. The van der Waals surface area contributed by atoms with Gasteiger partial charge in [0.1, 0.15) is 0 Å². The summed E-state index contributed by atoms with van der Waals surface area (Å²) in [6.45, 7) is -5.62. The standard InChI is InChI=1S/C7H9N.2H3O3PS/c1-6-4-2-3-5-7(6)8;2*1-4(2,3)5/h2-5H,8H2,1H3;2*(H3,1,2,3,5). The lowest BCUT2D eigenvalue weighted by Crippen LogP contribution is -1.85. The number of nitrogens with two attached hydrogens (primary N) is 1. The first-order chi connectivity index (χ1) is 7.80. The van der Waals surface area contributed by atoms with Gasteiger partial charge in [-0.2, -0.15) is 0 Å². The fourth-order valence-electron chi connectivity index (χ4n) is 0.587. The maximum absolute atomic E-state index is 7.56. The van der Waals surface area contributed by atoms with Crippen LogP contribution < -0.4 is 5.73 Å². The summed E-state index contributed by atoms with van der Waals surface area (Å²) in [5, 5.41) is 0. The van der Waals surface area contributed by atoms with Crippen LogP contribution >= 0.6 is 13.4 Å². The van der Waals surface area contributed by atoms with Crippen LogP contribution in [0.5, 0.6) is 0 Å². The Kier molecular flexibility index (Phi) is 10.3. The third-order valence-corrected chi connectivity index (χ3v) is 1.19. The summed E-state index contributed by atoms with van der Waals surface area (Å²) >= 11 is 7.21. The predicted molar refractivity (Wildman–Crippen MR) is 77.5 cm³/mol. The second-order valence-corrected chi connectivity index (χ2v) is 7.88. The predicted octanol–water partition coefficient (Wildman–Crippen LogP) is -0.0472. The minimum absolute atomic E-state index is 0.868. The molecule has 7 nitrogen and oxygen atoms in total. The second-order valence-electron chi connectivity index (χ2n) is 2.88. The van der Waals surface area contributed by atoms with Crippen molar-refractivity contribution in [3.8, 4) is 0 Å². The molecule has 18 heavy (non-hydrogen) atoms. The number of hydrogen-bond donors (Lipinski definition) is 7. The first-order valence-corrected chi connectivity index (χ1v) is 9.50. The van der Waals surface area contributed by atoms with Crippen LogP contribution in [0.3, 0.4) is 0 Å². The highest BCUT2D eigenvalue weighted by molar-refractivity contribution is 8.06. The zero-order chi connectivity index (χ0) is 15.0. The Bertz CT molecular complexity index is 388. The van der Waals surface area contributed by atoms with E-state index < -0.39 is 13.4 Å². The molecule has 0 atom stereocenters. The van der Waals surface area contributed by atoms with E-state index in [-0.39, 0.29) is 0 Å². The number of benzene rings is 1. The molecule has 0 fully saturated rings. The molecule has 1 aromatic rings. The second kappa shape index (κ2) is 9.06. The van der Waals surface area contributed by atoms with Crippen LogP contribution in [0.2, 0.25) is 0 Å². The zero-order valence-corrected chi connectivity index (χ0v) is 12.7. The monoisotopic (exact) mass is 335 g/mol. The van der Waals surface area contributed by atoms with Crippen molar-refractivity contribution in [1.29, 1.82) is 0 Å². The van der Waals surface area contributed by atoms with Crippen LogP contribution in [-0.2, 0) is 23.6 Å². The van der Waals surface area contributed by atoms with E-state index in [1.807, 2.05) is 31.2 Å². The van der Waals surface area contributed by atoms with Gasteiger partial charge in [0.25, 0.3) is 0 Å². The molecule has 0 saturated heterocycles. The van der Waals surface area contributed by atoms with Crippen LogP contribution in [0.4, 0.5) is 5.69 Å². The highest BCUT2D eigenvalue weighted by Gasteiger charge is 1.92. The quantitative estimate of drug-likeness (QED) is 0.256. The van der Waals surface area contributed by atoms with Gasteiger partial charge in [0.05, 0.1) is 0 Å². The molecule has 0 aliphatic rings. The van der Waals surface area contributed by atoms with Gasteiger partial charge >= 0.3 is 13.4 Å². The third kappa shape index (κ3) is 29.8. The third-order valence-electron chi connectivity index (χ3n) is 1.19. The van der Waals surface area contributed by atoms with Crippen LogP contribution in [0.1, 0.15) is 5.56 Å². The van der Waals surface area contributed by atoms with E-state index in [4.69, 9.17) is 35.1 Å². The topological polar surface area (TPSA) is 147 Å². The first-order valence-electron chi connectivity index (χ1n) is 4.18. The molecule has 0 heterocycles. The van der Waals surface area contributed by atoms with Gasteiger partial charge in [0.2, 0.25) is 0 Å². The van der Waals surface area contributed by atoms with Crippen molar-refractivity contribution in [2.24, 2.45) is 0 Å². The lowest BCUT2D eigenvalue weighted by molar-refractivity contribution is 0.361.